The van der Waals surface area contributed by atoms with Crippen molar-refractivity contribution in [2.75, 3.05) is 11.9 Å². The van der Waals surface area contributed by atoms with Crippen LogP contribution in [0.3, 0.4) is 0 Å². The summed E-state index contributed by atoms with van der Waals surface area (Å²) >= 11 is 0. The highest BCUT2D eigenvalue weighted by Gasteiger charge is 2.34. The van der Waals surface area contributed by atoms with Crippen molar-refractivity contribution in [3.05, 3.63) is 47.4 Å². The zero-order valence-electron chi connectivity index (χ0n) is 13.7. The van der Waals surface area contributed by atoms with E-state index in [4.69, 9.17) is 5.11 Å². The summed E-state index contributed by atoms with van der Waals surface area (Å²) in [5, 5.41) is 11.9. The van der Waals surface area contributed by atoms with Crippen molar-refractivity contribution in [3.8, 4) is 0 Å². The van der Waals surface area contributed by atoms with Gasteiger partial charge in [-0.25, -0.2) is 9.97 Å². The topological polar surface area (TPSA) is 58.0 Å². The zero-order valence-corrected chi connectivity index (χ0v) is 13.7. The number of halogens is 3. The minimum absolute atomic E-state index is 0.00483. The number of hydrogen-bond acceptors (Lipinski definition) is 4. The Hall–Kier alpha value is -2.15. The van der Waals surface area contributed by atoms with Crippen molar-refractivity contribution < 1.29 is 18.3 Å². The van der Waals surface area contributed by atoms with Crippen molar-refractivity contribution in [1.82, 2.24) is 9.97 Å². The van der Waals surface area contributed by atoms with Gasteiger partial charge in [0.2, 0.25) is 0 Å². The standard InChI is InChI=1S/C18H20F3N3O/c19-18(20,21)15-11-16(24-17(23-15)13-3-1-2-4-13)22-14-7-5-12(6-8-14)9-10-25/h5-8,11,13,25H,1-4,9-10H2,(H,22,23,24). The Balaban J connectivity index is 1.87. The van der Waals surface area contributed by atoms with Crippen LogP contribution in [-0.2, 0) is 12.6 Å². The SMILES string of the molecule is OCCc1ccc(Nc2cc(C(F)(F)F)nc(C3CCCC3)n2)cc1. The summed E-state index contributed by atoms with van der Waals surface area (Å²) in [6, 6.07) is 8.11. The number of rotatable bonds is 5. The molecule has 0 amide bonds. The normalized spacial score (nSPS) is 15.5. The van der Waals surface area contributed by atoms with Crippen LogP contribution in [0.4, 0.5) is 24.7 Å². The maximum Gasteiger partial charge on any atom is 0.433 e. The molecule has 25 heavy (non-hydrogen) atoms. The molecule has 4 nitrogen and oxygen atoms in total. The fourth-order valence-electron chi connectivity index (χ4n) is 3.07. The Bertz CT molecular complexity index is 710. The minimum Gasteiger partial charge on any atom is -0.396 e. The molecule has 1 saturated carbocycles. The van der Waals surface area contributed by atoms with Gasteiger partial charge in [-0.05, 0) is 37.0 Å². The van der Waals surface area contributed by atoms with Crippen LogP contribution in [-0.4, -0.2) is 21.7 Å². The van der Waals surface area contributed by atoms with Gasteiger partial charge in [-0.2, -0.15) is 13.2 Å². The van der Waals surface area contributed by atoms with Gasteiger partial charge in [0.05, 0.1) is 0 Å². The van der Waals surface area contributed by atoms with Crippen LogP contribution in [0.25, 0.3) is 0 Å². The van der Waals surface area contributed by atoms with Crippen molar-refractivity contribution in [2.45, 2.75) is 44.2 Å². The van der Waals surface area contributed by atoms with Gasteiger partial charge in [0.15, 0.2) is 0 Å². The van der Waals surface area contributed by atoms with Crippen LogP contribution in [0, 0.1) is 0 Å². The van der Waals surface area contributed by atoms with Gasteiger partial charge >= 0.3 is 6.18 Å². The average molecular weight is 351 g/mol. The number of anilines is 2. The van der Waals surface area contributed by atoms with Gasteiger partial charge in [-0.15, -0.1) is 0 Å². The number of aliphatic hydroxyl groups excluding tert-OH is 1. The predicted octanol–water partition coefficient (Wildman–Crippen LogP) is 4.43. The lowest BCUT2D eigenvalue weighted by Gasteiger charge is -2.15. The Labute approximate surface area is 144 Å². The van der Waals surface area contributed by atoms with Crippen molar-refractivity contribution in [2.24, 2.45) is 0 Å². The molecular formula is C18H20F3N3O. The molecule has 0 unspecified atom stereocenters. The van der Waals surface area contributed by atoms with Crippen LogP contribution in [0.1, 0.15) is 48.7 Å². The molecule has 0 atom stereocenters. The zero-order chi connectivity index (χ0) is 17.9. The molecule has 0 aliphatic heterocycles. The summed E-state index contributed by atoms with van der Waals surface area (Å²) in [6.07, 6.45) is -0.304. The van der Waals surface area contributed by atoms with Gasteiger partial charge < -0.3 is 10.4 Å². The highest BCUT2D eigenvalue weighted by molar-refractivity contribution is 5.57. The molecule has 2 aromatic rings. The number of hydrogen-bond donors (Lipinski definition) is 2. The summed E-state index contributed by atoms with van der Waals surface area (Å²) in [5.41, 5.74) is 0.688. The van der Waals surface area contributed by atoms with E-state index in [1.54, 1.807) is 12.1 Å². The smallest absolute Gasteiger partial charge is 0.396 e. The molecule has 0 radical (unpaired) electrons. The second-order valence-electron chi connectivity index (χ2n) is 6.27. The van der Waals surface area contributed by atoms with Gasteiger partial charge in [0, 0.05) is 24.3 Å². The highest BCUT2D eigenvalue weighted by Crippen LogP contribution is 2.35. The summed E-state index contributed by atoms with van der Waals surface area (Å²) in [6.45, 7) is 0.0539. The predicted molar refractivity (Wildman–Crippen MR) is 88.8 cm³/mol. The van der Waals surface area contributed by atoms with Crippen LogP contribution in [0.5, 0.6) is 0 Å². The van der Waals surface area contributed by atoms with E-state index in [0.717, 1.165) is 37.3 Å². The Morgan fingerprint density at radius 2 is 1.76 bits per heavy atom. The van der Waals surface area contributed by atoms with Crippen LogP contribution in [0.15, 0.2) is 30.3 Å². The maximum absolute atomic E-state index is 13.2. The number of benzene rings is 1. The van der Waals surface area contributed by atoms with Crippen molar-refractivity contribution in [3.63, 3.8) is 0 Å². The molecule has 7 heteroatoms. The monoisotopic (exact) mass is 351 g/mol. The molecular weight excluding hydrogens is 331 g/mol. The molecule has 3 rings (SSSR count). The summed E-state index contributed by atoms with van der Waals surface area (Å²) in [5.74, 6) is 0.417. The van der Waals surface area contributed by atoms with Crippen LogP contribution in [0.2, 0.25) is 0 Å². The van der Waals surface area contributed by atoms with Gasteiger partial charge in [0.1, 0.15) is 17.3 Å². The average Bonchev–Trinajstić information content (AvgIpc) is 3.10. The fourth-order valence-corrected chi connectivity index (χ4v) is 3.07. The third-order valence-electron chi connectivity index (χ3n) is 4.38. The van der Waals surface area contributed by atoms with E-state index in [-0.39, 0.29) is 24.2 Å². The molecule has 2 N–H and O–H groups in total. The molecule has 1 aromatic carbocycles. The maximum atomic E-state index is 13.2. The minimum atomic E-state index is -4.50. The van der Waals surface area contributed by atoms with Crippen molar-refractivity contribution in [1.29, 1.82) is 0 Å². The molecule has 0 bridgehead atoms. The molecule has 0 spiro atoms. The molecule has 0 saturated heterocycles. The van der Waals surface area contributed by atoms with Gasteiger partial charge in [0.25, 0.3) is 0 Å². The first-order valence-corrected chi connectivity index (χ1v) is 8.39. The molecule has 1 aliphatic carbocycles. The fraction of sp³-hybridized carbons (Fsp3) is 0.444. The number of nitrogens with zero attached hydrogens (tertiary/aromatic N) is 2. The molecule has 1 fully saturated rings. The second-order valence-corrected chi connectivity index (χ2v) is 6.27. The highest BCUT2D eigenvalue weighted by atomic mass is 19.4. The van der Waals surface area contributed by atoms with E-state index in [9.17, 15) is 13.2 Å². The molecule has 1 aliphatic rings. The van der Waals surface area contributed by atoms with E-state index in [1.807, 2.05) is 12.1 Å². The molecule has 1 heterocycles. The first-order valence-electron chi connectivity index (χ1n) is 8.39. The molecule has 1 aromatic heterocycles. The first-order chi connectivity index (χ1) is 12.0. The summed E-state index contributed by atoms with van der Waals surface area (Å²) < 4.78 is 39.5. The Kier molecular flexibility index (Phi) is 5.22. The van der Waals surface area contributed by atoms with E-state index in [2.05, 4.69) is 15.3 Å². The third-order valence-corrected chi connectivity index (χ3v) is 4.38. The summed E-state index contributed by atoms with van der Waals surface area (Å²) in [4.78, 5) is 8.08. The van der Waals surface area contributed by atoms with E-state index in [1.165, 1.54) is 0 Å². The van der Waals surface area contributed by atoms with Crippen LogP contribution >= 0.6 is 0 Å². The van der Waals surface area contributed by atoms with E-state index >= 15 is 0 Å². The van der Waals surface area contributed by atoms with Crippen LogP contribution < -0.4 is 5.32 Å². The number of aliphatic hydroxyl groups is 1. The van der Waals surface area contributed by atoms with Gasteiger partial charge in [-0.1, -0.05) is 25.0 Å². The summed E-state index contributed by atoms with van der Waals surface area (Å²) in [7, 11) is 0. The molecule has 134 valence electrons. The third kappa shape index (κ3) is 4.48. The first kappa shape index (κ1) is 17.7. The second kappa shape index (κ2) is 7.39. The lowest BCUT2D eigenvalue weighted by molar-refractivity contribution is -0.141. The Morgan fingerprint density at radius 3 is 2.36 bits per heavy atom. The van der Waals surface area contributed by atoms with Gasteiger partial charge in [-0.3, -0.25) is 0 Å². The van der Waals surface area contributed by atoms with E-state index < -0.39 is 11.9 Å². The number of alkyl halides is 3. The van der Waals surface area contributed by atoms with E-state index in [0.29, 0.717) is 12.1 Å². The quantitative estimate of drug-likeness (QED) is 0.837. The number of aromatic nitrogens is 2. The largest absolute Gasteiger partial charge is 0.433 e. The lowest BCUT2D eigenvalue weighted by Crippen LogP contribution is -2.13. The number of nitrogens with one attached hydrogen (secondary N) is 1. The Morgan fingerprint density at radius 1 is 1.08 bits per heavy atom. The van der Waals surface area contributed by atoms with Crippen molar-refractivity contribution >= 4 is 11.5 Å². The lowest BCUT2D eigenvalue weighted by atomic mass is 10.1.